The number of rotatable bonds is 5. The predicted octanol–water partition coefficient (Wildman–Crippen LogP) is 1.68. The Kier molecular flexibility index (Phi) is 6.37. The van der Waals surface area contributed by atoms with Crippen molar-refractivity contribution < 1.29 is 4.12 Å². The lowest BCUT2D eigenvalue weighted by Gasteiger charge is -2.13. The summed E-state index contributed by atoms with van der Waals surface area (Å²) in [4.78, 5) is 0. The Balaban J connectivity index is 3.26. The fourth-order valence-electron chi connectivity index (χ4n) is 0.853. The predicted molar refractivity (Wildman–Crippen MR) is 52.8 cm³/mol. The molecule has 0 rings (SSSR count). The third kappa shape index (κ3) is 5.20. The van der Waals surface area contributed by atoms with Crippen molar-refractivity contribution in [1.82, 2.24) is 0 Å². The molecule has 0 aromatic heterocycles. The van der Waals surface area contributed by atoms with Crippen LogP contribution < -0.4 is 0 Å². The van der Waals surface area contributed by atoms with Crippen LogP contribution in [0.3, 0.4) is 0 Å². The summed E-state index contributed by atoms with van der Waals surface area (Å²) < 4.78 is 5.88. The summed E-state index contributed by atoms with van der Waals surface area (Å²) in [5.41, 5.74) is 0.841. The van der Waals surface area contributed by atoms with E-state index in [4.69, 9.17) is 4.12 Å². The zero-order valence-corrected chi connectivity index (χ0v) is 10.3. The van der Waals surface area contributed by atoms with E-state index < -0.39 is 9.04 Å². The molecule has 0 radical (unpaired) electrons. The van der Waals surface area contributed by atoms with E-state index >= 15 is 0 Å². The maximum absolute atomic E-state index is 5.88. The minimum atomic E-state index is -0.687. The fraction of sp³-hybridized carbons (Fsp3) is 1.00. The first-order valence-electron chi connectivity index (χ1n) is 4.32. The van der Waals surface area contributed by atoms with Gasteiger partial charge in [-0.2, -0.15) is 0 Å². The first kappa shape index (κ1) is 10.4. The second kappa shape index (κ2) is 6.13. The van der Waals surface area contributed by atoms with Crippen LogP contribution in [-0.2, 0) is 4.12 Å². The molecule has 0 aliphatic carbocycles. The van der Waals surface area contributed by atoms with Crippen molar-refractivity contribution in [2.45, 2.75) is 45.3 Å². The van der Waals surface area contributed by atoms with E-state index in [2.05, 4.69) is 27.7 Å². The molecule has 10 heavy (non-hydrogen) atoms. The summed E-state index contributed by atoms with van der Waals surface area (Å²) >= 11 is 0. The second-order valence-electron chi connectivity index (χ2n) is 3.17. The minimum Gasteiger partial charge on any atom is -0.462 e. The topological polar surface area (TPSA) is 9.23 Å². The van der Waals surface area contributed by atoms with Gasteiger partial charge in [0.15, 0.2) is 9.04 Å². The van der Waals surface area contributed by atoms with Crippen LogP contribution in [0.1, 0.15) is 27.7 Å². The van der Waals surface area contributed by atoms with Gasteiger partial charge in [-0.1, -0.05) is 27.7 Å². The normalized spacial score (nSPS) is 12.6. The molecule has 0 spiro atoms. The molecular formula is C7H20OSi2. The van der Waals surface area contributed by atoms with E-state index in [1.54, 1.807) is 0 Å². The quantitative estimate of drug-likeness (QED) is 0.579. The maximum atomic E-state index is 5.88. The first-order valence-corrected chi connectivity index (χ1v) is 7.82. The van der Waals surface area contributed by atoms with Gasteiger partial charge in [-0.25, -0.2) is 0 Å². The highest BCUT2D eigenvalue weighted by atomic mass is 28.3. The summed E-state index contributed by atoms with van der Waals surface area (Å²) in [6.45, 7) is 9.05. The molecule has 0 amide bonds. The van der Waals surface area contributed by atoms with E-state index in [0.717, 1.165) is 5.54 Å². The molecule has 62 valence electrons. The van der Waals surface area contributed by atoms with Crippen LogP contribution in [0.2, 0.25) is 17.6 Å². The monoisotopic (exact) mass is 176 g/mol. The van der Waals surface area contributed by atoms with Crippen LogP contribution in [0, 0.1) is 0 Å². The highest BCUT2D eigenvalue weighted by Crippen LogP contribution is 2.04. The fourth-order valence-corrected chi connectivity index (χ4v) is 5.94. The van der Waals surface area contributed by atoms with E-state index in [1.165, 1.54) is 12.1 Å². The summed E-state index contributed by atoms with van der Waals surface area (Å²) in [6, 6.07) is 2.63. The molecule has 0 saturated heterocycles. The molecule has 0 unspecified atom stereocenters. The molecule has 0 fully saturated rings. The average Bonchev–Trinajstić information content (AvgIpc) is 1.90. The van der Waals surface area contributed by atoms with E-state index in [9.17, 15) is 0 Å². The van der Waals surface area contributed by atoms with Gasteiger partial charge >= 0.3 is 0 Å². The maximum Gasteiger partial charge on any atom is 0.162 e. The van der Waals surface area contributed by atoms with Crippen molar-refractivity contribution in [3.63, 3.8) is 0 Å². The van der Waals surface area contributed by atoms with Gasteiger partial charge in [0.2, 0.25) is 0 Å². The van der Waals surface area contributed by atoms with Crippen molar-refractivity contribution in [2.24, 2.45) is 0 Å². The smallest absolute Gasteiger partial charge is 0.162 e. The largest absolute Gasteiger partial charge is 0.462 e. The molecule has 3 heteroatoms. The highest BCUT2D eigenvalue weighted by Gasteiger charge is 2.06. The van der Waals surface area contributed by atoms with Gasteiger partial charge in [-0.15, -0.1) is 0 Å². The van der Waals surface area contributed by atoms with E-state index in [1.807, 2.05) is 0 Å². The van der Waals surface area contributed by atoms with Crippen molar-refractivity contribution in [1.29, 1.82) is 0 Å². The molecule has 0 atom stereocenters. The molecule has 0 aromatic carbocycles. The van der Waals surface area contributed by atoms with Gasteiger partial charge in [0.25, 0.3) is 0 Å². The Morgan fingerprint density at radius 3 is 2.10 bits per heavy atom. The average molecular weight is 176 g/mol. The third-order valence-corrected chi connectivity index (χ3v) is 6.72. The van der Waals surface area contributed by atoms with Gasteiger partial charge in [-0.05, 0) is 17.6 Å². The van der Waals surface area contributed by atoms with E-state index in [0.29, 0.717) is 0 Å². The molecule has 0 aromatic rings. The summed E-state index contributed by atoms with van der Waals surface area (Å²) in [6.07, 6.45) is 0. The number of hydrogen-bond acceptors (Lipinski definition) is 1. The molecule has 0 N–H and O–H groups in total. The zero-order chi connectivity index (χ0) is 7.98. The molecule has 0 saturated carbocycles. The molecule has 0 bridgehead atoms. The first-order chi connectivity index (χ1) is 4.70. The van der Waals surface area contributed by atoms with Crippen molar-refractivity contribution in [3.05, 3.63) is 0 Å². The molecule has 0 aliphatic rings. The second-order valence-corrected chi connectivity index (χ2v) is 9.34. The van der Waals surface area contributed by atoms with Crippen LogP contribution in [0.25, 0.3) is 0 Å². The molecular weight excluding hydrogens is 156 g/mol. The van der Waals surface area contributed by atoms with Gasteiger partial charge in [0.1, 0.15) is 9.76 Å². The summed E-state index contributed by atoms with van der Waals surface area (Å²) in [7, 11) is -0.848. The van der Waals surface area contributed by atoms with Crippen molar-refractivity contribution in [2.75, 3.05) is 0 Å². The van der Waals surface area contributed by atoms with Gasteiger partial charge in [0, 0.05) is 0 Å². The lowest BCUT2D eigenvalue weighted by molar-refractivity contribution is 0.592. The van der Waals surface area contributed by atoms with E-state index in [-0.39, 0.29) is 9.76 Å². The standard InChI is InChI=1S/C7H20OSi2/c1-5-10(6-2)8-9-7(3)4/h7,10H,5-6,9H2,1-4H3. The molecule has 0 aliphatic heterocycles. The molecule has 0 heterocycles. The van der Waals surface area contributed by atoms with Crippen LogP contribution in [0.5, 0.6) is 0 Å². The van der Waals surface area contributed by atoms with Crippen LogP contribution >= 0.6 is 0 Å². The van der Waals surface area contributed by atoms with Crippen LogP contribution in [0.15, 0.2) is 0 Å². The summed E-state index contributed by atoms with van der Waals surface area (Å²) in [5.74, 6) is 0. The van der Waals surface area contributed by atoms with Gasteiger partial charge in [0.05, 0.1) is 0 Å². The van der Waals surface area contributed by atoms with Gasteiger partial charge < -0.3 is 4.12 Å². The Bertz CT molecular complexity index is 72.0. The SMILES string of the molecule is CC[SiH](CC)O[SiH2]C(C)C. The lowest BCUT2D eigenvalue weighted by atomic mass is 10.6. The molecule has 1 nitrogen and oxygen atoms in total. The third-order valence-electron chi connectivity index (χ3n) is 1.58. The van der Waals surface area contributed by atoms with Crippen LogP contribution in [-0.4, -0.2) is 18.8 Å². The minimum absolute atomic E-state index is 0.162. The Hall–Kier alpha value is 0.394. The van der Waals surface area contributed by atoms with Crippen molar-refractivity contribution >= 4 is 18.8 Å². The zero-order valence-electron chi connectivity index (χ0n) is 7.68. The van der Waals surface area contributed by atoms with Gasteiger partial charge in [-0.3, -0.25) is 0 Å². The lowest BCUT2D eigenvalue weighted by Crippen LogP contribution is -2.19. The number of hydrogen-bond donors (Lipinski definition) is 0. The summed E-state index contributed by atoms with van der Waals surface area (Å²) in [5, 5.41) is 0. The van der Waals surface area contributed by atoms with Crippen molar-refractivity contribution in [3.8, 4) is 0 Å². The van der Waals surface area contributed by atoms with Crippen LogP contribution in [0.4, 0.5) is 0 Å². The Morgan fingerprint density at radius 2 is 1.80 bits per heavy atom. The highest BCUT2D eigenvalue weighted by molar-refractivity contribution is 6.58. The Morgan fingerprint density at radius 1 is 1.30 bits per heavy atom. The Labute approximate surface area is 68.8 Å².